The monoisotopic (exact) mass is 499 g/mol. The van der Waals surface area contributed by atoms with Crippen LogP contribution in [0, 0.1) is 5.92 Å². The van der Waals surface area contributed by atoms with E-state index in [-0.39, 0.29) is 0 Å². The van der Waals surface area contributed by atoms with E-state index in [1.54, 1.807) is 6.92 Å². The summed E-state index contributed by atoms with van der Waals surface area (Å²) in [6, 6.07) is 4.36. The molecule has 3 rings (SSSR count). The fourth-order valence-electron chi connectivity index (χ4n) is 3.94. The molecule has 2 aliphatic heterocycles. The SMILES string of the molecule is CC(c1cccc(OC(F)(F)F)c1)N1CC(C(F)(F)F)C=S1C(=O)NCCN1CCCCC1. The van der Waals surface area contributed by atoms with Gasteiger partial charge in [0.1, 0.15) is 5.75 Å². The van der Waals surface area contributed by atoms with Gasteiger partial charge in [0.2, 0.25) is 0 Å². The van der Waals surface area contributed by atoms with Crippen LogP contribution in [0.4, 0.5) is 31.1 Å². The number of alkyl halides is 6. The van der Waals surface area contributed by atoms with Crippen molar-refractivity contribution in [1.82, 2.24) is 14.5 Å². The van der Waals surface area contributed by atoms with Gasteiger partial charge in [-0.2, -0.15) is 13.2 Å². The van der Waals surface area contributed by atoms with Crippen molar-refractivity contribution in [2.45, 2.75) is 44.8 Å². The van der Waals surface area contributed by atoms with Gasteiger partial charge in [0, 0.05) is 25.7 Å². The summed E-state index contributed by atoms with van der Waals surface area (Å²) in [5.74, 6) is -2.26. The van der Waals surface area contributed by atoms with Crippen LogP contribution in [0.5, 0.6) is 5.75 Å². The van der Waals surface area contributed by atoms with Crippen molar-refractivity contribution >= 4 is 21.3 Å². The topological polar surface area (TPSA) is 44.8 Å². The zero-order chi connectivity index (χ0) is 24.2. The smallest absolute Gasteiger partial charge is 0.406 e. The quantitative estimate of drug-likeness (QED) is 0.425. The van der Waals surface area contributed by atoms with Gasteiger partial charge in [0.05, 0.1) is 5.92 Å². The third-order valence-electron chi connectivity index (χ3n) is 5.68. The Labute approximate surface area is 191 Å². The first kappa shape index (κ1) is 25.8. The van der Waals surface area contributed by atoms with Gasteiger partial charge < -0.3 is 15.0 Å². The average molecular weight is 500 g/mol. The van der Waals surface area contributed by atoms with Crippen LogP contribution in [0.25, 0.3) is 0 Å². The lowest BCUT2D eigenvalue weighted by molar-refractivity contribution is -0.274. The van der Waals surface area contributed by atoms with Crippen molar-refractivity contribution < 1.29 is 35.9 Å². The Morgan fingerprint density at radius 3 is 2.52 bits per heavy atom. The maximum atomic E-state index is 13.4. The summed E-state index contributed by atoms with van der Waals surface area (Å²) < 4.78 is 83.3. The number of hydrogen-bond acceptors (Lipinski definition) is 4. The molecule has 0 saturated carbocycles. The first-order valence-electron chi connectivity index (χ1n) is 10.7. The van der Waals surface area contributed by atoms with E-state index in [2.05, 4.69) is 15.0 Å². The zero-order valence-corrected chi connectivity index (χ0v) is 18.9. The standard InChI is InChI=1S/C21H27F6N3O2S/c1-15(16-6-5-7-18(12-16)32-21(25,26)27)30-13-17(20(22,23)24)14-33(30)19(31)28-8-11-29-9-3-2-4-10-29/h5-7,12,14-15,17H,2-4,8-11,13H2,1H3,(H,28,31). The highest BCUT2D eigenvalue weighted by Crippen LogP contribution is 2.42. The highest BCUT2D eigenvalue weighted by atomic mass is 32.2. The molecule has 1 fully saturated rings. The summed E-state index contributed by atoms with van der Waals surface area (Å²) in [6.45, 7) is 3.94. The Balaban J connectivity index is 1.72. The summed E-state index contributed by atoms with van der Waals surface area (Å²) in [4.78, 5) is 15.0. The molecule has 0 bridgehead atoms. The maximum absolute atomic E-state index is 13.4. The van der Waals surface area contributed by atoms with Crippen molar-refractivity contribution in [3.63, 3.8) is 0 Å². The fourth-order valence-corrected chi connectivity index (χ4v) is 6.02. The molecule has 1 N–H and O–H groups in total. The lowest BCUT2D eigenvalue weighted by Crippen LogP contribution is -2.38. The van der Waals surface area contributed by atoms with Crippen LogP contribution in [0.3, 0.4) is 0 Å². The second kappa shape index (κ2) is 10.6. The highest BCUT2D eigenvalue weighted by molar-refractivity contribution is 8.26. The Morgan fingerprint density at radius 1 is 1.18 bits per heavy atom. The van der Waals surface area contributed by atoms with Gasteiger partial charge in [0.25, 0.3) is 5.24 Å². The zero-order valence-electron chi connectivity index (χ0n) is 18.1. The van der Waals surface area contributed by atoms with Crippen molar-refractivity contribution in [1.29, 1.82) is 0 Å². The van der Waals surface area contributed by atoms with Crippen LogP contribution >= 0.6 is 10.7 Å². The van der Waals surface area contributed by atoms with Crippen LogP contribution < -0.4 is 10.1 Å². The van der Waals surface area contributed by atoms with Crippen LogP contribution in [-0.2, 0) is 0 Å². The summed E-state index contributed by atoms with van der Waals surface area (Å²) in [7, 11) is -1.49. The number of rotatable bonds is 6. The molecule has 0 aliphatic carbocycles. The summed E-state index contributed by atoms with van der Waals surface area (Å²) in [5.41, 5.74) is 0.326. The number of nitrogens with one attached hydrogen (secondary N) is 1. The van der Waals surface area contributed by atoms with Crippen molar-refractivity contribution in [2.24, 2.45) is 5.92 Å². The molecule has 3 unspecified atom stereocenters. The molecule has 0 radical (unpaired) electrons. The van der Waals surface area contributed by atoms with E-state index in [4.69, 9.17) is 0 Å². The summed E-state index contributed by atoms with van der Waals surface area (Å²) in [6.07, 6.45) is -6.07. The van der Waals surface area contributed by atoms with E-state index in [0.29, 0.717) is 18.7 Å². The minimum Gasteiger partial charge on any atom is -0.406 e. The van der Waals surface area contributed by atoms with Crippen molar-refractivity contribution in [3.8, 4) is 5.75 Å². The first-order valence-corrected chi connectivity index (χ1v) is 12.0. The molecule has 3 atom stereocenters. The van der Waals surface area contributed by atoms with Crippen LogP contribution in [0.1, 0.15) is 37.8 Å². The number of nitrogens with zero attached hydrogens (tertiary/aromatic N) is 2. The Bertz CT molecular complexity index is 855. The number of halogens is 6. The number of ether oxygens (including phenoxy) is 1. The largest absolute Gasteiger partial charge is 0.573 e. The number of hydrogen-bond donors (Lipinski definition) is 1. The lowest BCUT2D eigenvalue weighted by atomic mass is 10.1. The fraction of sp³-hybridized carbons (Fsp3) is 0.619. The van der Waals surface area contributed by atoms with Gasteiger partial charge in [-0.1, -0.05) is 18.6 Å². The molecule has 1 saturated heterocycles. The number of piperidine rings is 1. The molecule has 33 heavy (non-hydrogen) atoms. The predicted molar refractivity (Wildman–Crippen MR) is 115 cm³/mol. The minimum atomic E-state index is -4.89. The van der Waals surface area contributed by atoms with E-state index in [9.17, 15) is 31.1 Å². The number of benzene rings is 1. The van der Waals surface area contributed by atoms with Gasteiger partial charge in [-0.15, -0.1) is 13.2 Å². The van der Waals surface area contributed by atoms with Gasteiger partial charge in [0.15, 0.2) is 0 Å². The Kier molecular flexibility index (Phi) is 8.33. The van der Waals surface area contributed by atoms with Crippen molar-refractivity contribution in [2.75, 3.05) is 32.7 Å². The second-order valence-electron chi connectivity index (χ2n) is 8.11. The van der Waals surface area contributed by atoms with Gasteiger partial charge in [-0.3, -0.25) is 4.79 Å². The second-order valence-corrected chi connectivity index (χ2v) is 9.85. The van der Waals surface area contributed by atoms with Crippen molar-refractivity contribution in [3.05, 3.63) is 29.8 Å². The first-order chi connectivity index (χ1) is 15.4. The van der Waals surface area contributed by atoms with E-state index in [0.717, 1.165) is 43.4 Å². The maximum Gasteiger partial charge on any atom is 0.573 e. The van der Waals surface area contributed by atoms with E-state index < -0.39 is 52.7 Å². The molecule has 0 aromatic heterocycles. The normalized spacial score (nSPS) is 23.7. The molecule has 2 heterocycles. The molecular weight excluding hydrogens is 472 g/mol. The highest BCUT2D eigenvalue weighted by Gasteiger charge is 2.45. The summed E-state index contributed by atoms with van der Waals surface area (Å²) in [5, 5.41) is 3.22. The van der Waals surface area contributed by atoms with Crippen LogP contribution in [0.2, 0.25) is 0 Å². The molecule has 0 spiro atoms. The Hall–Kier alpha value is -1.79. The molecular formula is C21H27F6N3O2S. The van der Waals surface area contributed by atoms with Crippen LogP contribution in [0.15, 0.2) is 24.3 Å². The summed E-state index contributed by atoms with van der Waals surface area (Å²) >= 11 is 0. The van der Waals surface area contributed by atoms with E-state index in [1.807, 2.05) is 0 Å². The molecule has 186 valence electrons. The average Bonchev–Trinajstić information content (AvgIpc) is 3.19. The third kappa shape index (κ3) is 7.35. The van der Waals surface area contributed by atoms with Gasteiger partial charge in [-0.05, 0) is 66.6 Å². The van der Waals surface area contributed by atoms with Gasteiger partial charge >= 0.3 is 12.5 Å². The van der Waals surface area contributed by atoms with E-state index in [1.165, 1.54) is 22.9 Å². The van der Waals surface area contributed by atoms with Gasteiger partial charge in [-0.25, -0.2) is 4.31 Å². The molecule has 1 aromatic rings. The molecule has 12 heteroatoms. The molecule has 5 nitrogen and oxygen atoms in total. The molecule has 1 amide bonds. The number of amides is 1. The number of carbonyl (C=O) groups excluding carboxylic acids is 1. The van der Waals surface area contributed by atoms with Crippen LogP contribution in [-0.4, -0.2) is 65.1 Å². The molecule has 2 aliphatic rings. The predicted octanol–water partition coefficient (Wildman–Crippen LogP) is 5.32. The Morgan fingerprint density at radius 2 is 1.88 bits per heavy atom. The van der Waals surface area contributed by atoms with E-state index >= 15 is 0 Å². The molecule has 1 aromatic carbocycles. The number of carbonyl (C=O) groups is 1. The number of likely N-dealkylation sites (tertiary alicyclic amines) is 1. The third-order valence-corrected chi connectivity index (χ3v) is 7.77. The minimum absolute atomic E-state index is 0.323. The lowest BCUT2D eigenvalue weighted by Gasteiger charge is -2.29.